The number of rotatable bonds is 5. The van der Waals surface area contributed by atoms with Gasteiger partial charge in [-0.25, -0.2) is 0 Å². The summed E-state index contributed by atoms with van der Waals surface area (Å²) in [5.41, 5.74) is 5.84. The molecule has 3 nitrogen and oxygen atoms in total. The first kappa shape index (κ1) is 12.5. The van der Waals surface area contributed by atoms with Gasteiger partial charge in [0.2, 0.25) is 5.91 Å². The van der Waals surface area contributed by atoms with Crippen molar-refractivity contribution in [1.29, 1.82) is 0 Å². The van der Waals surface area contributed by atoms with Gasteiger partial charge < -0.3 is 10.6 Å². The van der Waals surface area contributed by atoms with Crippen LogP contribution in [0.15, 0.2) is 0 Å². The fraction of sp³-hybridized carbons (Fsp3) is 0.933. The molecule has 0 aromatic carbocycles. The molecule has 102 valence electrons. The van der Waals surface area contributed by atoms with E-state index in [4.69, 9.17) is 5.73 Å². The molecule has 0 spiro atoms. The highest BCUT2D eigenvalue weighted by molar-refractivity contribution is 5.80. The number of nitrogens with two attached hydrogens (primary N) is 1. The minimum Gasteiger partial charge on any atom is -0.342 e. The molecule has 0 radical (unpaired) electrons. The van der Waals surface area contributed by atoms with Crippen molar-refractivity contribution in [3.63, 3.8) is 0 Å². The zero-order chi connectivity index (χ0) is 12.7. The molecule has 3 rings (SSSR count). The molecule has 1 amide bonds. The molecule has 3 aliphatic carbocycles. The van der Waals surface area contributed by atoms with E-state index in [1.165, 1.54) is 38.5 Å². The Kier molecular flexibility index (Phi) is 3.35. The Hall–Kier alpha value is -0.570. The molecule has 3 aliphatic rings. The third kappa shape index (κ3) is 2.29. The van der Waals surface area contributed by atoms with E-state index in [0.29, 0.717) is 35.6 Å². The molecule has 0 aliphatic heterocycles. The van der Waals surface area contributed by atoms with Crippen LogP contribution in [0.3, 0.4) is 0 Å². The number of carbonyl (C=O) groups excluding carboxylic acids is 1. The highest BCUT2D eigenvalue weighted by atomic mass is 16.2. The second-order valence-corrected chi connectivity index (χ2v) is 6.64. The van der Waals surface area contributed by atoms with Gasteiger partial charge in [0.15, 0.2) is 0 Å². The van der Waals surface area contributed by atoms with E-state index in [0.717, 1.165) is 13.0 Å². The topological polar surface area (TPSA) is 46.3 Å². The van der Waals surface area contributed by atoms with Crippen LogP contribution in [-0.2, 0) is 4.79 Å². The average molecular weight is 250 g/mol. The summed E-state index contributed by atoms with van der Waals surface area (Å²) in [6.07, 6.45) is 8.74. The van der Waals surface area contributed by atoms with Gasteiger partial charge in [-0.2, -0.15) is 0 Å². The lowest BCUT2D eigenvalue weighted by molar-refractivity contribution is -0.138. The van der Waals surface area contributed by atoms with Gasteiger partial charge in [0.1, 0.15) is 0 Å². The lowest BCUT2D eigenvalue weighted by Gasteiger charge is -2.32. The SMILES string of the molecule is CN(C(=O)C(C1CC1)C1CC1)C1CCCC1CN. The summed E-state index contributed by atoms with van der Waals surface area (Å²) in [5.74, 6) is 2.76. The number of nitrogens with zero attached hydrogens (tertiary/aromatic N) is 1. The van der Waals surface area contributed by atoms with E-state index in [1.54, 1.807) is 0 Å². The molecule has 0 heterocycles. The van der Waals surface area contributed by atoms with Gasteiger partial charge in [-0.3, -0.25) is 4.79 Å². The van der Waals surface area contributed by atoms with Crippen LogP contribution in [-0.4, -0.2) is 30.4 Å². The fourth-order valence-electron chi connectivity index (χ4n) is 3.90. The molecule has 18 heavy (non-hydrogen) atoms. The molecule has 2 unspecified atom stereocenters. The average Bonchev–Trinajstić information content (AvgIpc) is 3.30. The van der Waals surface area contributed by atoms with Crippen molar-refractivity contribution in [2.24, 2.45) is 29.4 Å². The smallest absolute Gasteiger partial charge is 0.226 e. The Morgan fingerprint density at radius 2 is 1.78 bits per heavy atom. The van der Waals surface area contributed by atoms with Crippen LogP contribution in [0.25, 0.3) is 0 Å². The fourth-order valence-corrected chi connectivity index (χ4v) is 3.90. The molecule has 2 N–H and O–H groups in total. The van der Waals surface area contributed by atoms with Crippen molar-refractivity contribution in [3.05, 3.63) is 0 Å². The van der Waals surface area contributed by atoms with Crippen molar-refractivity contribution in [1.82, 2.24) is 4.90 Å². The molecule has 0 aromatic heterocycles. The van der Waals surface area contributed by atoms with Gasteiger partial charge >= 0.3 is 0 Å². The van der Waals surface area contributed by atoms with Crippen LogP contribution >= 0.6 is 0 Å². The Morgan fingerprint density at radius 3 is 2.28 bits per heavy atom. The number of amides is 1. The quantitative estimate of drug-likeness (QED) is 0.811. The predicted octanol–water partition coefficient (Wildman–Crippen LogP) is 2.01. The van der Waals surface area contributed by atoms with Crippen molar-refractivity contribution >= 4 is 5.91 Å². The van der Waals surface area contributed by atoms with E-state index in [1.807, 2.05) is 7.05 Å². The molecule has 3 fully saturated rings. The van der Waals surface area contributed by atoms with Crippen LogP contribution in [0.5, 0.6) is 0 Å². The number of hydrogen-bond acceptors (Lipinski definition) is 2. The van der Waals surface area contributed by atoms with Crippen LogP contribution in [0.1, 0.15) is 44.9 Å². The Balaban J connectivity index is 1.66. The molecule has 0 saturated heterocycles. The Labute approximate surface area is 110 Å². The first-order valence-corrected chi connectivity index (χ1v) is 7.69. The summed E-state index contributed by atoms with van der Waals surface area (Å²) in [6.45, 7) is 0.736. The standard InChI is InChI=1S/C15H26N2O/c1-17(13-4-2-3-12(13)9-16)15(18)14(10-5-6-10)11-7-8-11/h10-14H,2-9,16H2,1H3. The van der Waals surface area contributed by atoms with E-state index < -0.39 is 0 Å². The highest BCUT2D eigenvalue weighted by Crippen LogP contribution is 2.50. The molecule has 0 aromatic rings. The Bertz CT molecular complexity index is 310. The van der Waals surface area contributed by atoms with Gasteiger partial charge in [-0.15, -0.1) is 0 Å². The molecular formula is C15H26N2O. The number of hydrogen-bond donors (Lipinski definition) is 1. The molecular weight excluding hydrogens is 224 g/mol. The third-order valence-corrected chi connectivity index (χ3v) is 5.31. The van der Waals surface area contributed by atoms with Gasteiger partial charge in [0, 0.05) is 19.0 Å². The second kappa shape index (κ2) is 4.84. The highest BCUT2D eigenvalue weighted by Gasteiger charge is 2.47. The summed E-state index contributed by atoms with van der Waals surface area (Å²) in [7, 11) is 2.03. The maximum absolute atomic E-state index is 12.7. The van der Waals surface area contributed by atoms with Crippen molar-refractivity contribution in [2.45, 2.75) is 51.0 Å². The maximum atomic E-state index is 12.7. The minimum atomic E-state index is 0.356. The largest absolute Gasteiger partial charge is 0.342 e. The van der Waals surface area contributed by atoms with Crippen LogP contribution in [0.4, 0.5) is 0 Å². The first-order chi connectivity index (χ1) is 8.72. The van der Waals surface area contributed by atoms with Crippen molar-refractivity contribution in [2.75, 3.05) is 13.6 Å². The van der Waals surface area contributed by atoms with E-state index in [9.17, 15) is 4.79 Å². The second-order valence-electron chi connectivity index (χ2n) is 6.64. The summed E-state index contributed by atoms with van der Waals surface area (Å²) < 4.78 is 0. The van der Waals surface area contributed by atoms with E-state index in [-0.39, 0.29) is 0 Å². The summed E-state index contributed by atoms with van der Waals surface area (Å²) >= 11 is 0. The summed E-state index contributed by atoms with van der Waals surface area (Å²) in [4.78, 5) is 14.8. The van der Waals surface area contributed by atoms with Crippen molar-refractivity contribution < 1.29 is 4.79 Å². The predicted molar refractivity (Wildman–Crippen MR) is 71.9 cm³/mol. The van der Waals surface area contributed by atoms with Gasteiger partial charge in [-0.05, 0) is 62.8 Å². The lowest BCUT2D eigenvalue weighted by Crippen LogP contribution is -2.45. The normalized spacial score (nSPS) is 31.9. The summed E-state index contributed by atoms with van der Waals surface area (Å²) in [6, 6.07) is 0.419. The zero-order valence-corrected chi connectivity index (χ0v) is 11.5. The maximum Gasteiger partial charge on any atom is 0.226 e. The van der Waals surface area contributed by atoms with Gasteiger partial charge in [0.05, 0.1) is 0 Å². The van der Waals surface area contributed by atoms with E-state index >= 15 is 0 Å². The minimum absolute atomic E-state index is 0.356. The zero-order valence-electron chi connectivity index (χ0n) is 11.5. The lowest BCUT2D eigenvalue weighted by atomic mass is 9.94. The van der Waals surface area contributed by atoms with E-state index in [2.05, 4.69) is 4.90 Å². The van der Waals surface area contributed by atoms with Crippen LogP contribution in [0.2, 0.25) is 0 Å². The number of carbonyl (C=O) groups is 1. The Morgan fingerprint density at radius 1 is 1.17 bits per heavy atom. The molecule has 2 atom stereocenters. The van der Waals surface area contributed by atoms with Gasteiger partial charge in [0.25, 0.3) is 0 Å². The van der Waals surface area contributed by atoms with Crippen LogP contribution in [0, 0.1) is 23.7 Å². The van der Waals surface area contributed by atoms with Crippen LogP contribution < -0.4 is 5.73 Å². The monoisotopic (exact) mass is 250 g/mol. The summed E-state index contributed by atoms with van der Waals surface area (Å²) in [5, 5.41) is 0. The molecule has 3 heteroatoms. The third-order valence-electron chi connectivity index (χ3n) is 5.31. The van der Waals surface area contributed by atoms with Crippen molar-refractivity contribution in [3.8, 4) is 0 Å². The molecule has 0 bridgehead atoms. The first-order valence-electron chi connectivity index (χ1n) is 7.69. The van der Waals surface area contributed by atoms with Gasteiger partial charge in [-0.1, -0.05) is 6.42 Å². The molecule has 3 saturated carbocycles.